The maximum absolute atomic E-state index is 12.7. The van der Waals surface area contributed by atoms with Gasteiger partial charge < -0.3 is 4.90 Å². The first kappa shape index (κ1) is 13.6. The Balaban J connectivity index is 2.32. The van der Waals surface area contributed by atoms with Crippen molar-refractivity contribution in [3.63, 3.8) is 0 Å². The maximum Gasteiger partial charge on any atom is 0.255 e. The van der Waals surface area contributed by atoms with E-state index in [1.165, 1.54) is 6.42 Å². The van der Waals surface area contributed by atoms with Crippen LogP contribution in [0.3, 0.4) is 0 Å². The Morgan fingerprint density at radius 3 is 2.50 bits per heavy atom. The number of hydrogen-bond donors (Lipinski definition) is 0. The molecule has 1 saturated heterocycles. The molecule has 0 saturated carbocycles. The molecule has 1 aromatic rings. The van der Waals surface area contributed by atoms with E-state index in [0.29, 0.717) is 12.1 Å². The van der Waals surface area contributed by atoms with Crippen LogP contribution in [0.25, 0.3) is 0 Å². The molecule has 3 heteroatoms. The van der Waals surface area contributed by atoms with Crippen molar-refractivity contribution in [3.05, 3.63) is 33.8 Å². The molecule has 0 radical (unpaired) electrons. The number of rotatable bonds is 1. The van der Waals surface area contributed by atoms with Gasteiger partial charge in [0.2, 0.25) is 0 Å². The normalized spacial score (nSPS) is 24.1. The second kappa shape index (κ2) is 5.43. The fourth-order valence-corrected chi connectivity index (χ4v) is 3.21. The molecule has 0 bridgehead atoms. The molecule has 2 rings (SSSR count). The minimum absolute atomic E-state index is 0.158. The van der Waals surface area contributed by atoms with Gasteiger partial charge in [-0.05, 0) is 67.6 Å². The molecule has 1 aliphatic heterocycles. The van der Waals surface area contributed by atoms with Gasteiger partial charge in [0.15, 0.2) is 0 Å². The molecule has 2 atom stereocenters. The van der Waals surface area contributed by atoms with Crippen LogP contribution in [0.4, 0.5) is 0 Å². The Bertz CT molecular complexity index is 448. The molecule has 1 amide bonds. The monoisotopic (exact) mass is 309 g/mol. The van der Waals surface area contributed by atoms with Crippen molar-refractivity contribution in [3.8, 4) is 0 Å². The second-order valence-corrected chi connectivity index (χ2v) is 6.07. The summed E-state index contributed by atoms with van der Waals surface area (Å²) in [4.78, 5) is 14.7. The van der Waals surface area contributed by atoms with Crippen molar-refractivity contribution in [2.75, 3.05) is 0 Å². The summed E-state index contributed by atoms with van der Waals surface area (Å²) < 4.78 is 0.931. The SMILES string of the molecule is Cc1cccc(C(=O)N2[C@H](C)CCC[C@@H]2C)c1Br. The van der Waals surface area contributed by atoms with E-state index in [2.05, 4.69) is 29.8 Å². The van der Waals surface area contributed by atoms with Gasteiger partial charge >= 0.3 is 0 Å². The van der Waals surface area contributed by atoms with Gasteiger partial charge in [0.1, 0.15) is 0 Å². The van der Waals surface area contributed by atoms with E-state index < -0.39 is 0 Å². The number of carbonyl (C=O) groups is 1. The number of likely N-dealkylation sites (tertiary alicyclic amines) is 1. The molecule has 0 unspecified atom stereocenters. The van der Waals surface area contributed by atoms with E-state index in [4.69, 9.17) is 0 Å². The summed E-state index contributed by atoms with van der Waals surface area (Å²) in [6.07, 6.45) is 3.44. The first-order valence-corrected chi connectivity index (χ1v) is 7.39. The summed E-state index contributed by atoms with van der Waals surface area (Å²) in [7, 11) is 0. The predicted octanol–water partition coefficient (Wildman–Crippen LogP) is 4.16. The molecule has 1 fully saturated rings. The lowest BCUT2D eigenvalue weighted by Gasteiger charge is -2.39. The molecule has 0 aliphatic carbocycles. The van der Waals surface area contributed by atoms with Crippen LogP contribution in [0.2, 0.25) is 0 Å². The molecule has 18 heavy (non-hydrogen) atoms. The topological polar surface area (TPSA) is 20.3 Å². The minimum atomic E-state index is 0.158. The van der Waals surface area contributed by atoms with Gasteiger partial charge in [-0.1, -0.05) is 12.1 Å². The lowest BCUT2D eigenvalue weighted by Crippen LogP contribution is -2.47. The van der Waals surface area contributed by atoms with E-state index in [-0.39, 0.29) is 5.91 Å². The summed E-state index contributed by atoms with van der Waals surface area (Å²) in [6, 6.07) is 6.56. The molecule has 98 valence electrons. The Kier molecular flexibility index (Phi) is 4.10. The molecule has 0 N–H and O–H groups in total. The molecule has 1 aromatic carbocycles. The van der Waals surface area contributed by atoms with Gasteiger partial charge in [-0.15, -0.1) is 0 Å². The third kappa shape index (κ3) is 2.46. The summed E-state index contributed by atoms with van der Waals surface area (Å²) in [5, 5.41) is 0. The predicted molar refractivity (Wildman–Crippen MR) is 77.8 cm³/mol. The number of aryl methyl sites for hydroxylation is 1. The van der Waals surface area contributed by atoms with Crippen molar-refractivity contribution in [2.24, 2.45) is 0 Å². The molecular formula is C15H20BrNO. The number of benzene rings is 1. The second-order valence-electron chi connectivity index (χ2n) is 5.28. The smallest absolute Gasteiger partial charge is 0.255 e. The summed E-state index contributed by atoms with van der Waals surface area (Å²) in [5.74, 6) is 0.158. The van der Waals surface area contributed by atoms with Crippen LogP contribution in [0.15, 0.2) is 22.7 Å². The Hall–Kier alpha value is -0.830. The third-order valence-electron chi connectivity index (χ3n) is 3.85. The van der Waals surface area contributed by atoms with Crippen molar-refractivity contribution in [2.45, 2.75) is 52.1 Å². The quantitative estimate of drug-likeness (QED) is 0.762. The third-order valence-corrected chi connectivity index (χ3v) is 4.90. The zero-order valence-electron chi connectivity index (χ0n) is 11.2. The number of carbonyl (C=O) groups excluding carboxylic acids is 1. The highest BCUT2D eigenvalue weighted by molar-refractivity contribution is 9.10. The maximum atomic E-state index is 12.7. The minimum Gasteiger partial charge on any atom is -0.333 e. The summed E-state index contributed by atoms with van der Waals surface area (Å²) in [6.45, 7) is 6.32. The van der Waals surface area contributed by atoms with Gasteiger partial charge in [0, 0.05) is 16.6 Å². The van der Waals surface area contributed by atoms with Gasteiger partial charge in [-0.3, -0.25) is 4.79 Å². The largest absolute Gasteiger partial charge is 0.333 e. The van der Waals surface area contributed by atoms with Crippen LogP contribution in [-0.2, 0) is 0 Å². The molecule has 0 spiro atoms. The molecule has 1 aliphatic rings. The number of halogens is 1. The van der Waals surface area contributed by atoms with Crippen molar-refractivity contribution in [1.29, 1.82) is 0 Å². The molecule has 2 nitrogen and oxygen atoms in total. The zero-order chi connectivity index (χ0) is 13.3. The highest BCUT2D eigenvalue weighted by atomic mass is 79.9. The van der Waals surface area contributed by atoms with Crippen molar-refractivity contribution in [1.82, 2.24) is 4.90 Å². The van der Waals surface area contributed by atoms with Crippen LogP contribution in [-0.4, -0.2) is 22.9 Å². The fourth-order valence-electron chi connectivity index (χ4n) is 2.77. The Morgan fingerprint density at radius 1 is 1.28 bits per heavy atom. The van der Waals surface area contributed by atoms with Gasteiger partial charge in [-0.2, -0.15) is 0 Å². The van der Waals surface area contributed by atoms with Crippen molar-refractivity contribution < 1.29 is 4.79 Å². The van der Waals surface area contributed by atoms with Crippen LogP contribution >= 0.6 is 15.9 Å². The van der Waals surface area contributed by atoms with Gasteiger partial charge in [-0.25, -0.2) is 0 Å². The Labute approximate surface area is 117 Å². The fraction of sp³-hybridized carbons (Fsp3) is 0.533. The lowest BCUT2D eigenvalue weighted by atomic mass is 9.96. The average Bonchev–Trinajstić information content (AvgIpc) is 2.32. The van der Waals surface area contributed by atoms with E-state index >= 15 is 0 Å². The van der Waals surface area contributed by atoms with Crippen molar-refractivity contribution >= 4 is 21.8 Å². The molecule has 0 aromatic heterocycles. The van der Waals surface area contributed by atoms with E-state index in [1.54, 1.807) is 0 Å². The van der Waals surface area contributed by atoms with Gasteiger partial charge in [0.05, 0.1) is 5.56 Å². The number of amides is 1. The van der Waals surface area contributed by atoms with Crippen LogP contribution < -0.4 is 0 Å². The standard InChI is InChI=1S/C15H20BrNO/c1-10-6-4-9-13(14(10)16)15(18)17-11(2)7-5-8-12(17)3/h4,6,9,11-12H,5,7-8H2,1-3H3/t11-,12+. The lowest BCUT2D eigenvalue weighted by molar-refractivity contribution is 0.0509. The molecule has 1 heterocycles. The molecular weight excluding hydrogens is 290 g/mol. The van der Waals surface area contributed by atoms with E-state index in [1.807, 2.05) is 30.0 Å². The summed E-state index contributed by atoms with van der Waals surface area (Å²) >= 11 is 3.54. The first-order valence-electron chi connectivity index (χ1n) is 6.60. The highest BCUT2D eigenvalue weighted by Crippen LogP contribution is 2.28. The average molecular weight is 310 g/mol. The van der Waals surface area contributed by atoms with E-state index in [9.17, 15) is 4.79 Å². The highest BCUT2D eigenvalue weighted by Gasteiger charge is 2.30. The number of piperidine rings is 1. The van der Waals surface area contributed by atoms with Crippen LogP contribution in [0.1, 0.15) is 49.0 Å². The Morgan fingerprint density at radius 2 is 1.89 bits per heavy atom. The first-order chi connectivity index (χ1) is 8.52. The van der Waals surface area contributed by atoms with Gasteiger partial charge in [0.25, 0.3) is 5.91 Å². The summed E-state index contributed by atoms with van der Waals surface area (Å²) in [5.41, 5.74) is 1.90. The van der Waals surface area contributed by atoms with Crippen LogP contribution in [0, 0.1) is 6.92 Å². The van der Waals surface area contributed by atoms with Crippen LogP contribution in [0.5, 0.6) is 0 Å². The number of hydrogen-bond acceptors (Lipinski definition) is 1. The zero-order valence-corrected chi connectivity index (χ0v) is 12.8. The number of nitrogens with zero attached hydrogens (tertiary/aromatic N) is 1. The van der Waals surface area contributed by atoms with E-state index in [0.717, 1.165) is 28.4 Å².